The Morgan fingerprint density at radius 3 is 2.50 bits per heavy atom. The Labute approximate surface area is 117 Å². The minimum Gasteiger partial charge on any atom is -0.384 e. The molecule has 0 radical (unpaired) electrons. The summed E-state index contributed by atoms with van der Waals surface area (Å²) in [5.41, 5.74) is 6.04. The molecule has 0 saturated carbocycles. The van der Waals surface area contributed by atoms with Crippen LogP contribution < -0.4 is 5.73 Å². The summed E-state index contributed by atoms with van der Waals surface area (Å²) < 4.78 is 14.3. The molecule has 0 unspecified atom stereocenters. The summed E-state index contributed by atoms with van der Waals surface area (Å²) in [6.45, 7) is 0. The van der Waals surface area contributed by atoms with Crippen LogP contribution in [0.15, 0.2) is 56.7 Å². The maximum absolute atomic E-state index is 13.5. The molecular weight excluding hydrogens is 315 g/mol. The van der Waals surface area contributed by atoms with Crippen LogP contribution in [0.3, 0.4) is 0 Å². The number of hydrogen-bond acceptors (Lipinski definition) is 2. The first-order chi connectivity index (χ1) is 8.58. The highest BCUT2D eigenvalue weighted by Gasteiger charge is 2.08. The van der Waals surface area contributed by atoms with Crippen molar-refractivity contribution in [3.63, 3.8) is 0 Å². The highest BCUT2D eigenvalue weighted by molar-refractivity contribution is 9.10. The summed E-state index contributed by atoms with van der Waals surface area (Å²) in [4.78, 5) is 1.44. The second kappa shape index (κ2) is 5.54. The molecule has 92 valence electrons. The smallest absolute Gasteiger partial charge is 0.137 e. The molecule has 0 aliphatic rings. The van der Waals surface area contributed by atoms with Crippen molar-refractivity contribution >= 4 is 33.5 Å². The first kappa shape index (κ1) is 13.1. The molecular formula is C13H10BrFN2S. The van der Waals surface area contributed by atoms with E-state index >= 15 is 0 Å². The molecule has 3 N–H and O–H groups in total. The number of nitrogens with two attached hydrogens (primary N) is 1. The van der Waals surface area contributed by atoms with Crippen LogP contribution in [0.4, 0.5) is 4.39 Å². The number of halogens is 2. The molecule has 2 rings (SSSR count). The molecule has 2 nitrogen and oxygen atoms in total. The number of hydrogen-bond donors (Lipinski definition) is 2. The van der Waals surface area contributed by atoms with Gasteiger partial charge in [0.05, 0.1) is 0 Å². The minimum absolute atomic E-state index is 0.0122. The van der Waals surface area contributed by atoms with E-state index in [9.17, 15) is 4.39 Å². The summed E-state index contributed by atoms with van der Waals surface area (Å²) >= 11 is 4.73. The van der Waals surface area contributed by atoms with E-state index in [-0.39, 0.29) is 11.7 Å². The molecule has 0 aromatic heterocycles. The van der Waals surface area contributed by atoms with E-state index in [1.807, 2.05) is 6.07 Å². The Kier molecular flexibility index (Phi) is 4.04. The molecule has 0 bridgehead atoms. The van der Waals surface area contributed by atoms with Gasteiger partial charge in [-0.05, 0) is 40.2 Å². The third kappa shape index (κ3) is 2.91. The van der Waals surface area contributed by atoms with Crippen LogP contribution in [-0.4, -0.2) is 5.84 Å². The second-order valence-corrected chi connectivity index (χ2v) is 5.53. The lowest BCUT2D eigenvalue weighted by atomic mass is 10.2. The summed E-state index contributed by atoms with van der Waals surface area (Å²) in [5.74, 6) is -0.233. The van der Waals surface area contributed by atoms with Gasteiger partial charge in [-0.1, -0.05) is 30.0 Å². The third-order valence-electron chi connectivity index (χ3n) is 2.30. The zero-order valence-corrected chi connectivity index (χ0v) is 11.7. The van der Waals surface area contributed by atoms with E-state index in [1.54, 1.807) is 30.3 Å². The zero-order chi connectivity index (χ0) is 13.1. The van der Waals surface area contributed by atoms with Crippen LogP contribution in [0.1, 0.15) is 5.56 Å². The predicted molar refractivity (Wildman–Crippen MR) is 75.7 cm³/mol. The predicted octanol–water partition coefficient (Wildman–Crippen LogP) is 4.02. The van der Waals surface area contributed by atoms with Gasteiger partial charge in [-0.15, -0.1) is 0 Å². The van der Waals surface area contributed by atoms with Gasteiger partial charge in [0, 0.05) is 19.8 Å². The van der Waals surface area contributed by atoms with E-state index < -0.39 is 0 Å². The van der Waals surface area contributed by atoms with E-state index in [1.165, 1.54) is 17.8 Å². The van der Waals surface area contributed by atoms with Crippen LogP contribution in [0.5, 0.6) is 0 Å². The first-order valence-electron chi connectivity index (χ1n) is 5.14. The van der Waals surface area contributed by atoms with Crippen molar-refractivity contribution < 1.29 is 4.39 Å². The molecule has 0 atom stereocenters. The maximum Gasteiger partial charge on any atom is 0.137 e. The van der Waals surface area contributed by atoms with Crippen molar-refractivity contribution in [3.8, 4) is 0 Å². The number of nitrogens with one attached hydrogen (secondary N) is 1. The lowest BCUT2D eigenvalue weighted by molar-refractivity contribution is 0.602. The lowest BCUT2D eigenvalue weighted by Crippen LogP contribution is -2.10. The van der Waals surface area contributed by atoms with Crippen molar-refractivity contribution in [2.75, 3.05) is 0 Å². The maximum atomic E-state index is 13.5. The van der Waals surface area contributed by atoms with Crippen LogP contribution >= 0.6 is 27.7 Å². The van der Waals surface area contributed by atoms with Gasteiger partial charge in [0.15, 0.2) is 0 Å². The summed E-state index contributed by atoms with van der Waals surface area (Å²) in [6.07, 6.45) is 0. The molecule has 0 fully saturated rings. The van der Waals surface area contributed by atoms with Gasteiger partial charge in [0.1, 0.15) is 11.7 Å². The molecule has 0 saturated heterocycles. The molecule has 18 heavy (non-hydrogen) atoms. The number of nitrogen functional groups attached to an aromatic ring is 1. The SMILES string of the molecule is N=C(N)c1ccc(Sc2ccccc2F)c(Br)c1. The van der Waals surface area contributed by atoms with E-state index in [0.717, 1.165) is 9.37 Å². The fourth-order valence-electron chi connectivity index (χ4n) is 1.40. The standard InChI is InChI=1S/C13H10BrFN2S/c14-9-7-8(13(16)17)5-6-11(9)18-12-4-2-1-3-10(12)15/h1-7H,(H3,16,17). The van der Waals surface area contributed by atoms with Crippen LogP contribution in [0, 0.1) is 11.2 Å². The van der Waals surface area contributed by atoms with Crippen LogP contribution in [0.2, 0.25) is 0 Å². The molecule has 0 spiro atoms. The molecule has 0 aliphatic carbocycles. The average molecular weight is 325 g/mol. The Balaban J connectivity index is 2.30. The number of amidine groups is 1. The largest absolute Gasteiger partial charge is 0.384 e. The van der Waals surface area contributed by atoms with E-state index in [0.29, 0.717) is 10.5 Å². The van der Waals surface area contributed by atoms with Crippen molar-refractivity contribution in [1.29, 1.82) is 5.41 Å². The minimum atomic E-state index is -0.245. The van der Waals surface area contributed by atoms with Gasteiger partial charge >= 0.3 is 0 Å². The average Bonchev–Trinajstić information content (AvgIpc) is 2.34. The van der Waals surface area contributed by atoms with Crippen LogP contribution in [0.25, 0.3) is 0 Å². The molecule has 2 aromatic carbocycles. The van der Waals surface area contributed by atoms with Crippen molar-refractivity contribution in [1.82, 2.24) is 0 Å². The monoisotopic (exact) mass is 324 g/mol. The zero-order valence-electron chi connectivity index (χ0n) is 9.28. The van der Waals surface area contributed by atoms with E-state index in [4.69, 9.17) is 11.1 Å². The Morgan fingerprint density at radius 1 is 1.17 bits per heavy atom. The van der Waals surface area contributed by atoms with E-state index in [2.05, 4.69) is 15.9 Å². The summed E-state index contributed by atoms with van der Waals surface area (Å²) in [5, 5.41) is 7.35. The van der Waals surface area contributed by atoms with Gasteiger partial charge in [-0.3, -0.25) is 5.41 Å². The van der Waals surface area contributed by atoms with Crippen molar-refractivity contribution in [2.45, 2.75) is 9.79 Å². The van der Waals surface area contributed by atoms with Gasteiger partial charge in [-0.25, -0.2) is 4.39 Å². The van der Waals surface area contributed by atoms with Crippen molar-refractivity contribution in [2.24, 2.45) is 5.73 Å². The molecule has 2 aromatic rings. The normalized spacial score (nSPS) is 10.3. The van der Waals surface area contributed by atoms with Crippen molar-refractivity contribution in [3.05, 3.63) is 58.3 Å². The van der Waals surface area contributed by atoms with Gasteiger partial charge in [0.25, 0.3) is 0 Å². The number of rotatable bonds is 3. The quantitative estimate of drug-likeness (QED) is 0.661. The Morgan fingerprint density at radius 2 is 1.89 bits per heavy atom. The van der Waals surface area contributed by atoms with Gasteiger partial charge < -0.3 is 5.73 Å². The fraction of sp³-hybridized carbons (Fsp3) is 0. The highest BCUT2D eigenvalue weighted by atomic mass is 79.9. The van der Waals surface area contributed by atoms with Crippen LogP contribution in [-0.2, 0) is 0 Å². The Bertz CT molecular complexity index is 601. The Hall–Kier alpha value is -1.33. The number of benzene rings is 2. The summed E-state index contributed by atoms with van der Waals surface area (Å²) in [7, 11) is 0. The van der Waals surface area contributed by atoms with Gasteiger partial charge in [0.2, 0.25) is 0 Å². The highest BCUT2D eigenvalue weighted by Crippen LogP contribution is 2.35. The molecule has 5 heteroatoms. The van der Waals surface area contributed by atoms with Gasteiger partial charge in [-0.2, -0.15) is 0 Å². The molecule has 0 amide bonds. The fourth-order valence-corrected chi connectivity index (χ4v) is 2.86. The summed E-state index contributed by atoms with van der Waals surface area (Å²) in [6, 6.07) is 11.9. The topological polar surface area (TPSA) is 49.9 Å². The first-order valence-corrected chi connectivity index (χ1v) is 6.75. The lowest BCUT2D eigenvalue weighted by Gasteiger charge is -2.07. The second-order valence-electron chi connectivity index (χ2n) is 3.59. The third-order valence-corrected chi connectivity index (χ3v) is 4.34. The molecule has 0 heterocycles. The molecule has 0 aliphatic heterocycles.